The van der Waals surface area contributed by atoms with Crippen molar-refractivity contribution in [2.45, 2.75) is 52.1 Å². The van der Waals surface area contributed by atoms with Crippen molar-refractivity contribution in [2.24, 2.45) is 5.92 Å². The van der Waals surface area contributed by atoms with E-state index in [4.69, 9.17) is 0 Å². The first kappa shape index (κ1) is 19.0. The summed E-state index contributed by atoms with van der Waals surface area (Å²) < 4.78 is 0. The van der Waals surface area contributed by atoms with E-state index in [1.165, 1.54) is 17.3 Å². The number of hydrogen-bond acceptors (Lipinski definition) is 5. The molecular formula is C17H26N4O4. The topological polar surface area (TPSA) is 99.8 Å². The van der Waals surface area contributed by atoms with Gasteiger partial charge in [0.25, 0.3) is 0 Å². The van der Waals surface area contributed by atoms with E-state index in [1.807, 2.05) is 25.7 Å². The molecule has 0 spiro atoms. The largest absolute Gasteiger partial charge is 0.465 e. The molecule has 0 saturated carbocycles. The molecule has 1 aromatic heterocycles. The molecule has 1 fully saturated rings. The van der Waals surface area contributed by atoms with Crippen molar-refractivity contribution in [3.05, 3.63) is 28.6 Å². The van der Waals surface area contributed by atoms with Gasteiger partial charge in [-0.2, -0.15) is 0 Å². The van der Waals surface area contributed by atoms with Gasteiger partial charge in [-0.05, 0) is 39.2 Å². The minimum Gasteiger partial charge on any atom is -0.465 e. The second-order valence-corrected chi connectivity index (χ2v) is 7.51. The third kappa shape index (κ3) is 4.18. The molecule has 1 saturated heterocycles. The number of carboxylic acid groups (broad SMARTS) is 1. The lowest BCUT2D eigenvalue weighted by molar-refractivity contribution is -0.384. The number of nitrogens with zero attached hydrogens (tertiary/aromatic N) is 4. The monoisotopic (exact) mass is 350 g/mol. The predicted octanol–water partition coefficient (Wildman–Crippen LogP) is 3.37. The maximum absolute atomic E-state index is 11.8. The molecule has 0 radical (unpaired) electrons. The van der Waals surface area contributed by atoms with Crippen molar-refractivity contribution in [1.29, 1.82) is 0 Å². The van der Waals surface area contributed by atoms with Crippen LogP contribution in [0.15, 0.2) is 18.5 Å². The number of amides is 1. The SMILES string of the molecule is CC[C@@H]1C[C@H](N(C(=O)O)C(C)(C)C)CN(c2ccncc2[N+](=O)[O-])C1. The molecular weight excluding hydrogens is 324 g/mol. The number of nitro groups is 1. The standard InChI is InChI=1S/C17H26N4O4/c1-5-12-8-13(20(16(22)23)17(2,3)4)11-19(10-12)14-6-7-18-9-15(14)21(24)25/h6-7,9,12-13H,5,8,10-11H2,1-4H3,(H,22,23)/t12-,13+/m1/s1. The van der Waals surface area contributed by atoms with Crippen LogP contribution in [0.5, 0.6) is 0 Å². The van der Waals surface area contributed by atoms with E-state index >= 15 is 0 Å². The summed E-state index contributed by atoms with van der Waals surface area (Å²) in [6.07, 6.45) is 3.47. The molecule has 1 N–H and O–H groups in total. The fraction of sp³-hybridized carbons (Fsp3) is 0.647. The zero-order valence-electron chi connectivity index (χ0n) is 15.2. The second kappa shape index (κ2) is 7.25. The van der Waals surface area contributed by atoms with E-state index in [-0.39, 0.29) is 17.6 Å². The minimum atomic E-state index is -0.960. The lowest BCUT2D eigenvalue weighted by Gasteiger charge is -2.46. The zero-order valence-corrected chi connectivity index (χ0v) is 15.2. The van der Waals surface area contributed by atoms with Gasteiger partial charge in [0, 0.05) is 24.8 Å². The van der Waals surface area contributed by atoms with E-state index in [9.17, 15) is 20.0 Å². The number of aromatic nitrogens is 1. The van der Waals surface area contributed by atoms with Gasteiger partial charge in [-0.1, -0.05) is 13.3 Å². The molecule has 2 atom stereocenters. The fourth-order valence-electron chi connectivity index (χ4n) is 3.63. The van der Waals surface area contributed by atoms with Crippen LogP contribution < -0.4 is 4.90 Å². The van der Waals surface area contributed by atoms with Gasteiger partial charge in [0.05, 0.1) is 11.0 Å². The first-order chi connectivity index (χ1) is 11.6. The quantitative estimate of drug-likeness (QED) is 0.660. The summed E-state index contributed by atoms with van der Waals surface area (Å²) in [5.74, 6) is 0.274. The van der Waals surface area contributed by atoms with Crippen LogP contribution in [-0.2, 0) is 0 Å². The number of rotatable bonds is 4. The van der Waals surface area contributed by atoms with Gasteiger partial charge in [0.15, 0.2) is 0 Å². The highest BCUT2D eigenvalue weighted by Gasteiger charge is 2.39. The van der Waals surface area contributed by atoms with E-state index in [0.717, 1.165) is 12.8 Å². The van der Waals surface area contributed by atoms with Gasteiger partial charge in [-0.25, -0.2) is 4.79 Å². The van der Waals surface area contributed by atoms with Gasteiger partial charge >= 0.3 is 11.8 Å². The van der Waals surface area contributed by atoms with Crippen LogP contribution in [-0.4, -0.2) is 50.7 Å². The van der Waals surface area contributed by atoms with Gasteiger partial charge in [0.1, 0.15) is 11.9 Å². The Morgan fingerprint density at radius 1 is 1.48 bits per heavy atom. The highest BCUT2D eigenvalue weighted by atomic mass is 16.6. The normalized spacial score (nSPS) is 21.0. The van der Waals surface area contributed by atoms with Gasteiger partial charge in [0.2, 0.25) is 0 Å². The maximum Gasteiger partial charge on any atom is 0.408 e. The molecule has 1 aliphatic rings. The third-order valence-corrected chi connectivity index (χ3v) is 4.70. The molecule has 25 heavy (non-hydrogen) atoms. The fourth-order valence-corrected chi connectivity index (χ4v) is 3.63. The highest BCUT2D eigenvalue weighted by Crippen LogP contribution is 2.34. The molecule has 138 valence electrons. The van der Waals surface area contributed by atoms with Crippen molar-refractivity contribution in [2.75, 3.05) is 18.0 Å². The Morgan fingerprint density at radius 2 is 2.16 bits per heavy atom. The van der Waals surface area contributed by atoms with Crippen molar-refractivity contribution in [1.82, 2.24) is 9.88 Å². The summed E-state index contributed by atoms with van der Waals surface area (Å²) in [5.41, 5.74) is -0.0832. The molecule has 2 rings (SSSR count). The summed E-state index contributed by atoms with van der Waals surface area (Å²) in [4.78, 5) is 30.0. The van der Waals surface area contributed by atoms with Gasteiger partial charge in [-0.3, -0.25) is 20.0 Å². The molecule has 1 aromatic rings. The summed E-state index contributed by atoms with van der Waals surface area (Å²) >= 11 is 0. The van der Waals surface area contributed by atoms with Crippen LogP contribution in [0.4, 0.5) is 16.2 Å². The van der Waals surface area contributed by atoms with Gasteiger partial charge < -0.3 is 10.0 Å². The molecule has 0 unspecified atom stereocenters. The van der Waals surface area contributed by atoms with E-state index in [0.29, 0.717) is 18.8 Å². The summed E-state index contributed by atoms with van der Waals surface area (Å²) in [5, 5.41) is 21.0. The maximum atomic E-state index is 11.8. The Kier molecular flexibility index (Phi) is 5.49. The minimum absolute atomic E-state index is 0.0457. The van der Waals surface area contributed by atoms with Crippen molar-refractivity contribution < 1.29 is 14.8 Å². The number of carbonyl (C=O) groups is 1. The smallest absolute Gasteiger partial charge is 0.408 e. The van der Waals surface area contributed by atoms with Crippen LogP contribution >= 0.6 is 0 Å². The Balaban J connectivity index is 2.38. The van der Waals surface area contributed by atoms with E-state index in [1.54, 1.807) is 6.07 Å². The first-order valence-electron chi connectivity index (χ1n) is 8.50. The average molecular weight is 350 g/mol. The lowest BCUT2D eigenvalue weighted by Crippen LogP contribution is -2.58. The zero-order chi connectivity index (χ0) is 18.8. The molecule has 0 bridgehead atoms. The van der Waals surface area contributed by atoms with E-state index < -0.39 is 16.6 Å². The molecule has 1 amide bonds. The average Bonchev–Trinajstić information content (AvgIpc) is 2.52. The Morgan fingerprint density at radius 3 is 2.68 bits per heavy atom. The predicted molar refractivity (Wildman–Crippen MR) is 94.9 cm³/mol. The number of piperidine rings is 1. The molecule has 1 aliphatic heterocycles. The van der Waals surface area contributed by atoms with E-state index in [2.05, 4.69) is 11.9 Å². The van der Waals surface area contributed by atoms with Crippen LogP contribution in [0.25, 0.3) is 0 Å². The Labute approximate surface area is 147 Å². The van der Waals surface area contributed by atoms with Gasteiger partial charge in [-0.15, -0.1) is 0 Å². The number of anilines is 1. The van der Waals surface area contributed by atoms with Crippen LogP contribution in [0, 0.1) is 16.0 Å². The highest BCUT2D eigenvalue weighted by molar-refractivity contribution is 5.67. The summed E-state index contributed by atoms with van der Waals surface area (Å²) in [7, 11) is 0. The van der Waals surface area contributed by atoms with Crippen molar-refractivity contribution in [3.8, 4) is 0 Å². The number of pyridine rings is 1. The molecule has 2 heterocycles. The lowest BCUT2D eigenvalue weighted by atomic mass is 9.89. The van der Waals surface area contributed by atoms with Crippen LogP contribution in [0.1, 0.15) is 40.5 Å². The third-order valence-electron chi connectivity index (χ3n) is 4.70. The molecule has 0 aromatic carbocycles. The Bertz CT molecular complexity index is 644. The van der Waals surface area contributed by atoms with Crippen LogP contribution in [0.3, 0.4) is 0 Å². The van der Waals surface area contributed by atoms with Crippen molar-refractivity contribution >= 4 is 17.5 Å². The molecule has 0 aliphatic carbocycles. The summed E-state index contributed by atoms with van der Waals surface area (Å²) in [6.45, 7) is 8.79. The number of hydrogen-bond donors (Lipinski definition) is 1. The first-order valence-corrected chi connectivity index (χ1v) is 8.50. The van der Waals surface area contributed by atoms with Crippen molar-refractivity contribution in [3.63, 3.8) is 0 Å². The Hall–Kier alpha value is -2.38. The molecule has 8 heteroatoms. The summed E-state index contributed by atoms with van der Waals surface area (Å²) in [6, 6.07) is 1.42. The second-order valence-electron chi connectivity index (χ2n) is 7.51. The molecule has 8 nitrogen and oxygen atoms in total. The van der Waals surface area contributed by atoms with Crippen LogP contribution in [0.2, 0.25) is 0 Å².